The number of pyridine rings is 1. The highest BCUT2D eigenvalue weighted by atomic mass is 19.4. The van der Waals surface area contributed by atoms with E-state index < -0.39 is 6.36 Å². The molecule has 1 aliphatic carbocycles. The fourth-order valence-corrected chi connectivity index (χ4v) is 3.16. The summed E-state index contributed by atoms with van der Waals surface area (Å²) in [6.45, 7) is 7.20. The number of hydrogen-bond acceptors (Lipinski definition) is 6. The van der Waals surface area contributed by atoms with Gasteiger partial charge in [0.25, 0.3) is 0 Å². The molecule has 1 saturated carbocycles. The Morgan fingerprint density at radius 2 is 1.91 bits per heavy atom. The Bertz CT molecular complexity index is 971. The highest BCUT2D eigenvalue weighted by Crippen LogP contribution is 2.31. The lowest BCUT2D eigenvalue weighted by Crippen LogP contribution is -2.28. The van der Waals surface area contributed by atoms with Gasteiger partial charge in [-0.3, -0.25) is 4.79 Å². The summed E-state index contributed by atoms with van der Waals surface area (Å²) in [5.41, 5.74) is 2.52. The van der Waals surface area contributed by atoms with Crippen LogP contribution >= 0.6 is 0 Å². The molecule has 1 aromatic carbocycles. The number of halogens is 3. The Balaban J connectivity index is 0.000000509. The van der Waals surface area contributed by atoms with Crippen LogP contribution in [0.3, 0.4) is 0 Å². The van der Waals surface area contributed by atoms with E-state index >= 15 is 0 Å². The van der Waals surface area contributed by atoms with E-state index in [-0.39, 0.29) is 11.5 Å². The lowest BCUT2D eigenvalue weighted by Gasteiger charge is -2.29. The van der Waals surface area contributed by atoms with E-state index in [0.717, 1.165) is 24.9 Å². The van der Waals surface area contributed by atoms with E-state index in [9.17, 15) is 18.0 Å². The number of ether oxygens (including phenoxy) is 1. The summed E-state index contributed by atoms with van der Waals surface area (Å²) in [4.78, 5) is 14.6. The summed E-state index contributed by atoms with van der Waals surface area (Å²) in [6, 6.07) is 7.68. The van der Waals surface area contributed by atoms with Gasteiger partial charge in [-0.15, -0.1) is 13.2 Å². The lowest BCUT2D eigenvalue weighted by atomic mass is 9.92. The van der Waals surface area contributed by atoms with Crippen LogP contribution in [-0.4, -0.2) is 28.9 Å². The molecular weight excluding hydrogens is 445 g/mol. The van der Waals surface area contributed by atoms with Crippen LogP contribution < -0.4 is 15.4 Å². The average molecular weight is 477 g/mol. The van der Waals surface area contributed by atoms with Crippen molar-refractivity contribution in [2.75, 3.05) is 10.6 Å². The van der Waals surface area contributed by atoms with Gasteiger partial charge in [0, 0.05) is 35.7 Å². The van der Waals surface area contributed by atoms with Gasteiger partial charge in [0.05, 0.1) is 5.56 Å². The highest BCUT2D eigenvalue weighted by molar-refractivity contribution is 6.07. The van der Waals surface area contributed by atoms with E-state index in [1.807, 2.05) is 19.9 Å². The summed E-state index contributed by atoms with van der Waals surface area (Å²) >= 11 is 0. The monoisotopic (exact) mass is 476 g/mol. The number of carbonyl (C=O) groups excluding carboxylic acids is 1. The summed E-state index contributed by atoms with van der Waals surface area (Å²) in [7, 11) is 0. The van der Waals surface area contributed by atoms with Crippen LogP contribution in [0.2, 0.25) is 0 Å². The van der Waals surface area contributed by atoms with Crippen molar-refractivity contribution in [1.82, 2.24) is 4.98 Å². The molecule has 6 nitrogen and oxygen atoms in total. The Morgan fingerprint density at radius 1 is 1.24 bits per heavy atom. The second-order valence-corrected chi connectivity index (χ2v) is 7.80. The zero-order valence-electron chi connectivity index (χ0n) is 19.5. The van der Waals surface area contributed by atoms with E-state index in [1.165, 1.54) is 36.8 Å². The maximum atomic E-state index is 12.3. The molecule has 3 rings (SSSR count). The number of carbonyl (C=O) groups is 1. The molecular formula is C25H31F3N4O2. The molecule has 0 amide bonds. The lowest BCUT2D eigenvalue weighted by molar-refractivity contribution is -0.274. The van der Waals surface area contributed by atoms with Crippen molar-refractivity contribution in [3.8, 4) is 5.75 Å². The Kier molecular flexibility index (Phi) is 10.1. The first-order chi connectivity index (χ1) is 16.2. The maximum Gasteiger partial charge on any atom is 0.573 e. The molecule has 0 spiro atoms. The molecule has 9 heteroatoms. The predicted molar refractivity (Wildman–Crippen MR) is 129 cm³/mol. The molecule has 184 valence electrons. The summed E-state index contributed by atoms with van der Waals surface area (Å²) in [6.07, 6.45) is 3.80. The van der Waals surface area contributed by atoms with Crippen LogP contribution in [0.5, 0.6) is 5.75 Å². The first kappa shape index (κ1) is 26.9. The molecule has 3 N–H and O–H groups in total. The minimum absolute atomic E-state index is 0.141. The van der Waals surface area contributed by atoms with E-state index in [4.69, 9.17) is 5.41 Å². The molecule has 2 aromatic rings. The highest BCUT2D eigenvalue weighted by Gasteiger charge is 2.31. The summed E-state index contributed by atoms with van der Waals surface area (Å²) in [5.74, 6) is 0.348. The van der Waals surface area contributed by atoms with Crippen LogP contribution in [0.1, 0.15) is 57.9 Å². The second kappa shape index (κ2) is 12.8. The molecule has 0 radical (unpaired) electrons. The number of ketones is 1. The third-order valence-electron chi connectivity index (χ3n) is 5.15. The molecule has 0 aliphatic heterocycles. The fraction of sp³-hybridized carbons (Fsp3) is 0.400. The standard InChI is InChI=1S/C19H21F3N4O.C6H10O/c1-2-15(23)17-16(25-12-4-3-5-12)10-11-24-18(17)26-13-6-8-14(9-7-13)27-19(20,21)22;1-3-5-6(7)4-2/h6-12,23H,2-5H2,1H3,(H2,24,25,26);4H,2-3,5H2,1H3. The third kappa shape index (κ3) is 8.53. The first-order valence-electron chi connectivity index (χ1n) is 11.3. The number of anilines is 3. The van der Waals surface area contributed by atoms with Crippen LogP contribution in [0.15, 0.2) is 49.2 Å². The quantitative estimate of drug-likeness (QED) is 0.254. The molecule has 34 heavy (non-hydrogen) atoms. The van der Waals surface area contributed by atoms with Crippen molar-refractivity contribution in [2.45, 2.75) is 64.8 Å². The molecule has 1 fully saturated rings. The zero-order chi connectivity index (χ0) is 25.1. The summed E-state index contributed by atoms with van der Waals surface area (Å²) < 4.78 is 40.7. The Labute approximate surface area is 198 Å². The average Bonchev–Trinajstić information content (AvgIpc) is 2.77. The number of alkyl halides is 3. The molecule has 1 aliphatic rings. The van der Waals surface area contributed by atoms with Gasteiger partial charge in [-0.1, -0.05) is 20.4 Å². The van der Waals surface area contributed by atoms with Gasteiger partial charge in [-0.2, -0.15) is 0 Å². The zero-order valence-corrected chi connectivity index (χ0v) is 19.5. The van der Waals surface area contributed by atoms with Gasteiger partial charge in [-0.25, -0.2) is 4.98 Å². The van der Waals surface area contributed by atoms with Gasteiger partial charge in [-0.05, 0) is 68.5 Å². The summed E-state index contributed by atoms with van der Waals surface area (Å²) in [5, 5.41) is 14.9. The van der Waals surface area contributed by atoms with Crippen LogP contribution in [0, 0.1) is 5.41 Å². The van der Waals surface area contributed by atoms with Crippen molar-refractivity contribution >= 4 is 28.7 Å². The van der Waals surface area contributed by atoms with E-state index in [2.05, 4.69) is 26.9 Å². The van der Waals surface area contributed by atoms with E-state index in [0.29, 0.717) is 41.7 Å². The van der Waals surface area contributed by atoms with Crippen molar-refractivity contribution in [2.24, 2.45) is 0 Å². The number of hydrogen-bond donors (Lipinski definition) is 3. The number of allylic oxidation sites excluding steroid dienone is 1. The number of aromatic nitrogens is 1. The van der Waals surface area contributed by atoms with Crippen LogP contribution in [0.4, 0.5) is 30.4 Å². The topological polar surface area (TPSA) is 87.1 Å². The van der Waals surface area contributed by atoms with Gasteiger partial charge in [0.2, 0.25) is 0 Å². The number of rotatable bonds is 10. The minimum atomic E-state index is -4.72. The van der Waals surface area contributed by atoms with E-state index in [1.54, 1.807) is 6.20 Å². The smallest absolute Gasteiger partial charge is 0.406 e. The fourth-order valence-electron chi connectivity index (χ4n) is 3.16. The molecule has 1 aromatic heterocycles. The molecule has 0 saturated heterocycles. The normalized spacial score (nSPS) is 13.1. The van der Waals surface area contributed by atoms with Crippen LogP contribution in [0.25, 0.3) is 0 Å². The minimum Gasteiger partial charge on any atom is -0.406 e. The van der Waals surface area contributed by atoms with Crippen molar-refractivity contribution in [1.29, 1.82) is 5.41 Å². The molecule has 0 bridgehead atoms. The van der Waals surface area contributed by atoms with Crippen molar-refractivity contribution in [3.05, 3.63) is 54.7 Å². The van der Waals surface area contributed by atoms with Gasteiger partial charge < -0.3 is 20.8 Å². The molecule has 0 atom stereocenters. The largest absolute Gasteiger partial charge is 0.573 e. The van der Waals surface area contributed by atoms with Crippen LogP contribution in [-0.2, 0) is 4.79 Å². The van der Waals surface area contributed by atoms with Gasteiger partial charge >= 0.3 is 6.36 Å². The number of nitrogens with one attached hydrogen (secondary N) is 3. The Hall–Kier alpha value is -3.36. The number of nitrogens with zero attached hydrogens (tertiary/aromatic N) is 1. The molecule has 1 heterocycles. The predicted octanol–water partition coefficient (Wildman–Crippen LogP) is 7.01. The third-order valence-corrected chi connectivity index (χ3v) is 5.15. The van der Waals surface area contributed by atoms with Gasteiger partial charge in [0.15, 0.2) is 5.78 Å². The maximum absolute atomic E-state index is 12.3. The first-order valence-corrected chi connectivity index (χ1v) is 11.3. The second-order valence-electron chi connectivity index (χ2n) is 7.80. The van der Waals surface area contributed by atoms with Crippen molar-refractivity contribution < 1.29 is 22.7 Å². The number of benzene rings is 1. The molecule has 0 unspecified atom stereocenters. The van der Waals surface area contributed by atoms with Crippen molar-refractivity contribution in [3.63, 3.8) is 0 Å². The van der Waals surface area contributed by atoms with Gasteiger partial charge in [0.1, 0.15) is 11.6 Å². The SMILES string of the molecule is C=CC(=O)CCC.CCC(=N)c1c(NC2CCC2)ccnc1Nc1ccc(OC(F)(F)F)cc1. The Morgan fingerprint density at radius 3 is 2.38 bits per heavy atom.